The van der Waals surface area contributed by atoms with Gasteiger partial charge in [0.2, 0.25) is 0 Å². The molecule has 0 radical (unpaired) electrons. The van der Waals surface area contributed by atoms with Crippen LogP contribution in [0.3, 0.4) is 0 Å². The summed E-state index contributed by atoms with van der Waals surface area (Å²) in [6.45, 7) is 0. The van der Waals surface area contributed by atoms with Crippen molar-refractivity contribution in [1.29, 1.82) is 0 Å². The fraction of sp³-hybridized carbons (Fsp3) is 0.700. The zero-order valence-electron chi connectivity index (χ0n) is 7.05. The molecule has 0 aromatic heterocycles. The molecule has 0 spiro atoms. The smallest absolute Gasteiger partial charge is 0.149 e. The highest BCUT2D eigenvalue weighted by atomic mass is 16.1. The second-order valence-corrected chi connectivity index (χ2v) is 3.74. The fourth-order valence-electron chi connectivity index (χ4n) is 2.41. The van der Waals surface area contributed by atoms with Gasteiger partial charge in [0.15, 0.2) is 0 Å². The van der Waals surface area contributed by atoms with Crippen molar-refractivity contribution in [2.45, 2.75) is 37.8 Å². The van der Waals surface area contributed by atoms with E-state index in [1.54, 1.807) is 0 Å². The Morgan fingerprint density at radius 3 is 2.92 bits per heavy atom. The van der Waals surface area contributed by atoms with E-state index in [1.165, 1.54) is 6.42 Å². The number of carbonyl (C=O) groups excluding carboxylic acids is 1. The van der Waals surface area contributed by atoms with E-state index in [4.69, 9.17) is 6.42 Å². The summed E-state index contributed by atoms with van der Waals surface area (Å²) >= 11 is 0. The summed E-state index contributed by atoms with van der Waals surface area (Å²) in [6.07, 6.45) is 8.84. The van der Waals surface area contributed by atoms with Crippen molar-refractivity contribution in [1.82, 2.24) is 5.32 Å². The van der Waals surface area contributed by atoms with Gasteiger partial charge >= 0.3 is 0 Å². The average molecular weight is 163 g/mol. The monoisotopic (exact) mass is 163 g/mol. The minimum atomic E-state index is 0.222. The number of terminal acetylenes is 1. The predicted octanol–water partition coefficient (Wildman–Crippen LogP) is 0.719. The van der Waals surface area contributed by atoms with Crippen LogP contribution >= 0.6 is 0 Å². The number of carbonyl (C=O) groups is 1. The lowest BCUT2D eigenvalue weighted by Crippen LogP contribution is -2.28. The Balaban J connectivity index is 1.99. The maximum absolute atomic E-state index is 11.5. The number of hydrogen-bond acceptors (Lipinski definition) is 2. The van der Waals surface area contributed by atoms with Crippen LogP contribution in [0.1, 0.15) is 25.7 Å². The molecule has 2 heteroatoms. The Hall–Kier alpha value is -0.810. The van der Waals surface area contributed by atoms with Crippen molar-refractivity contribution in [3.8, 4) is 12.3 Å². The van der Waals surface area contributed by atoms with Crippen LogP contribution in [0.25, 0.3) is 0 Å². The maximum atomic E-state index is 11.5. The third-order valence-electron chi connectivity index (χ3n) is 2.99. The van der Waals surface area contributed by atoms with Crippen LogP contribution in [0.5, 0.6) is 0 Å². The lowest BCUT2D eigenvalue weighted by molar-refractivity contribution is -0.122. The second-order valence-electron chi connectivity index (χ2n) is 3.74. The Kier molecular flexibility index (Phi) is 1.90. The minimum Gasteiger partial charge on any atom is -0.310 e. The van der Waals surface area contributed by atoms with Crippen molar-refractivity contribution in [3.05, 3.63) is 0 Å². The van der Waals surface area contributed by atoms with Crippen LogP contribution in [0, 0.1) is 18.3 Å². The molecule has 2 fully saturated rings. The molecule has 2 rings (SSSR count). The van der Waals surface area contributed by atoms with Gasteiger partial charge in [-0.05, 0) is 19.3 Å². The van der Waals surface area contributed by atoms with E-state index in [0.717, 1.165) is 12.8 Å². The molecule has 0 aromatic carbocycles. The van der Waals surface area contributed by atoms with E-state index in [0.29, 0.717) is 18.5 Å². The Morgan fingerprint density at radius 1 is 1.58 bits per heavy atom. The van der Waals surface area contributed by atoms with Crippen LogP contribution in [-0.2, 0) is 4.79 Å². The van der Waals surface area contributed by atoms with Gasteiger partial charge < -0.3 is 5.32 Å². The lowest BCUT2D eigenvalue weighted by atomic mass is 9.85. The molecular weight excluding hydrogens is 150 g/mol. The van der Waals surface area contributed by atoms with Gasteiger partial charge in [-0.15, -0.1) is 6.42 Å². The summed E-state index contributed by atoms with van der Waals surface area (Å²) in [5, 5.41) is 3.43. The van der Waals surface area contributed by atoms with Crippen molar-refractivity contribution in [2.75, 3.05) is 0 Å². The van der Waals surface area contributed by atoms with Gasteiger partial charge in [0.05, 0.1) is 6.42 Å². The number of hydrogen-bond donors (Lipinski definition) is 1. The van der Waals surface area contributed by atoms with Gasteiger partial charge in [0.25, 0.3) is 0 Å². The Morgan fingerprint density at radius 2 is 2.42 bits per heavy atom. The van der Waals surface area contributed by atoms with Gasteiger partial charge in [-0.25, -0.2) is 0 Å². The highest BCUT2D eigenvalue weighted by molar-refractivity contribution is 5.84. The molecular formula is C10H13NO. The first kappa shape index (κ1) is 7.82. The summed E-state index contributed by atoms with van der Waals surface area (Å²) in [5.41, 5.74) is 0. The molecule has 2 aliphatic rings. The molecule has 1 N–H and O–H groups in total. The summed E-state index contributed by atoms with van der Waals surface area (Å²) in [6, 6.07) is 1.04. The quantitative estimate of drug-likeness (QED) is 0.608. The van der Waals surface area contributed by atoms with E-state index in [-0.39, 0.29) is 11.7 Å². The second kappa shape index (κ2) is 2.91. The van der Waals surface area contributed by atoms with Crippen LogP contribution in [-0.4, -0.2) is 17.9 Å². The molecule has 64 valence electrons. The van der Waals surface area contributed by atoms with E-state index >= 15 is 0 Å². The molecule has 0 aliphatic carbocycles. The van der Waals surface area contributed by atoms with Crippen LogP contribution in [0.2, 0.25) is 0 Å². The summed E-state index contributed by atoms with van der Waals surface area (Å²) in [5.74, 6) is 2.91. The predicted molar refractivity (Wildman–Crippen MR) is 46.5 cm³/mol. The highest BCUT2D eigenvalue weighted by Gasteiger charge is 2.41. The number of Topliss-reactive ketones (excluding diaryl/α,β-unsaturated/α-hetero) is 1. The van der Waals surface area contributed by atoms with E-state index < -0.39 is 0 Å². The summed E-state index contributed by atoms with van der Waals surface area (Å²) in [4.78, 5) is 11.5. The summed E-state index contributed by atoms with van der Waals surface area (Å²) < 4.78 is 0. The molecule has 2 bridgehead atoms. The average Bonchev–Trinajstić information content (AvgIpc) is 2.64. The first-order valence-electron chi connectivity index (χ1n) is 4.53. The van der Waals surface area contributed by atoms with E-state index in [2.05, 4.69) is 11.2 Å². The molecule has 3 unspecified atom stereocenters. The van der Waals surface area contributed by atoms with Crippen molar-refractivity contribution >= 4 is 5.78 Å². The normalized spacial score (nSPS) is 38.1. The summed E-state index contributed by atoms with van der Waals surface area (Å²) in [7, 11) is 0. The number of fused-ring (bicyclic) bond motifs is 2. The molecule has 0 saturated carbocycles. The number of ketones is 1. The third kappa shape index (κ3) is 1.15. The number of nitrogens with one attached hydrogen (secondary N) is 1. The van der Waals surface area contributed by atoms with Gasteiger partial charge in [-0.1, -0.05) is 5.92 Å². The fourth-order valence-corrected chi connectivity index (χ4v) is 2.41. The van der Waals surface area contributed by atoms with Crippen molar-refractivity contribution < 1.29 is 4.79 Å². The highest BCUT2D eigenvalue weighted by Crippen LogP contribution is 2.34. The zero-order valence-corrected chi connectivity index (χ0v) is 7.05. The lowest BCUT2D eigenvalue weighted by Gasteiger charge is -2.17. The SMILES string of the molecule is C#CCC(=O)C1CC2CCC1N2. The van der Waals surface area contributed by atoms with Gasteiger partial charge in [-0.2, -0.15) is 0 Å². The van der Waals surface area contributed by atoms with Crippen LogP contribution < -0.4 is 5.32 Å². The van der Waals surface area contributed by atoms with Crippen molar-refractivity contribution in [3.63, 3.8) is 0 Å². The van der Waals surface area contributed by atoms with Gasteiger partial charge in [0, 0.05) is 18.0 Å². The molecule has 2 nitrogen and oxygen atoms in total. The minimum absolute atomic E-state index is 0.222. The van der Waals surface area contributed by atoms with E-state index in [1.807, 2.05) is 0 Å². The van der Waals surface area contributed by atoms with Crippen molar-refractivity contribution in [2.24, 2.45) is 5.92 Å². The number of rotatable bonds is 2. The topological polar surface area (TPSA) is 29.1 Å². The third-order valence-corrected chi connectivity index (χ3v) is 2.99. The van der Waals surface area contributed by atoms with Crippen LogP contribution in [0.4, 0.5) is 0 Å². The van der Waals surface area contributed by atoms with Crippen LogP contribution in [0.15, 0.2) is 0 Å². The molecule has 2 aliphatic heterocycles. The molecule has 0 amide bonds. The Bertz CT molecular complexity index is 241. The van der Waals surface area contributed by atoms with E-state index in [9.17, 15) is 4.79 Å². The molecule has 0 aromatic rings. The van der Waals surface area contributed by atoms with Gasteiger partial charge in [0.1, 0.15) is 5.78 Å². The first-order valence-corrected chi connectivity index (χ1v) is 4.53. The molecule has 2 saturated heterocycles. The largest absolute Gasteiger partial charge is 0.310 e. The Labute approximate surface area is 72.7 Å². The molecule has 2 heterocycles. The first-order chi connectivity index (χ1) is 5.81. The molecule has 3 atom stereocenters. The zero-order chi connectivity index (χ0) is 8.55. The maximum Gasteiger partial charge on any atom is 0.149 e. The van der Waals surface area contributed by atoms with Gasteiger partial charge in [-0.3, -0.25) is 4.79 Å². The standard InChI is InChI=1S/C10H13NO/c1-2-3-10(12)8-6-7-4-5-9(8)11-7/h1,7-9,11H,3-6H2. The molecule has 12 heavy (non-hydrogen) atoms.